The van der Waals surface area contributed by atoms with Gasteiger partial charge in [-0.1, -0.05) is 72.4 Å². The first-order chi connectivity index (χ1) is 15.2. The van der Waals surface area contributed by atoms with E-state index >= 15 is 0 Å². The molecule has 7 heteroatoms. The summed E-state index contributed by atoms with van der Waals surface area (Å²) in [5.41, 5.74) is 3.99. The molecule has 0 bridgehead atoms. The van der Waals surface area contributed by atoms with Gasteiger partial charge in [-0.15, -0.1) is 23.1 Å². The number of thiophene rings is 1. The topological polar surface area (TPSA) is 66.6 Å². The number of rotatable bonds is 7. The number of hydrogen-bond donors (Lipinski definition) is 0. The summed E-state index contributed by atoms with van der Waals surface area (Å²) in [6.45, 7) is 0. The van der Waals surface area contributed by atoms with E-state index in [0.29, 0.717) is 16.3 Å². The molecular formula is C24H17N3OS3. The Morgan fingerprint density at radius 3 is 2.45 bits per heavy atom. The first-order valence-corrected chi connectivity index (χ1v) is 12.4. The molecule has 0 saturated heterocycles. The quantitative estimate of drug-likeness (QED) is 0.180. The van der Waals surface area contributed by atoms with Gasteiger partial charge in [0.15, 0.2) is 10.9 Å². The molecule has 0 N–H and O–H groups in total. The summed E-state index contributed by atoms with van der Waals surface area (Å²) in [6.07, 6.45) is 3.68. The smallest absolute Gasteiger partial charge is 0.188 e. The van der Waals surface area contributed by atoms with Gasteiger partial charge in [0.25, 0.3) is 0 Å². The molecule has 2 aromatic heterocycles. The maximum absolute atomic E-state index is 12.4. The van der Waals surface area contributed by atoms with Crippen LogP contribution in [0.5, 0.6) is 0 Å². The molecule has 4 rings (SSSR count). The van der Waals surface area contributed by atoms with Gasteiger partial charge in [-0.05, 0) is 17.9 Å². The zero-order chi connectivity index (χ0) is 21.6. The fourth-order valence-electron chi connectivity index (χ4n) is 3.09. The van der Waals surface area contributed by atoms with Crippen molar-refractivity contribution in [3.8, 4) is 27.8 Å². The van der Waals surface area contributed by atoms with E-state index in [-0.39, 0.29) is 11.5 Å². The van der Waals surface area contributed by atoms with Crippen molar-refractivity contribution in [2.75, 3.05) is 12.0 Å². The second-order valence-electron chi connectivity index (χ2n) is 6.45. The van der Waals surface area contributed by atoms with E-state index in [4.69, 9.17) is 4.98 Å². The zero-order valence-corrected chi connectivity index (χ0v) is 19.1. The maximum Gasteiger partial charge on any atom is 0.188 e. The lowest BCUT2D eigenvalue weighted by Gasteiger charge is -2.06. The van der Waals surface area contributed by atoms with E-state index in [0.717, 1.165) is 25.9 Å². The number of Topliss-reactive ketones (excluding diaryl/α,β-unsaturated/α-hetero) is 1. The average Bonchev–Trinajstić information content (AvgIpc) is 3.22. The fourth-order valence-corrected chi connectivity index (χ4v) is 5.73. The van der Waals surface area contributed by atoms with Crippen LogP contribution in [0.25, 0.3) is 21.7 Å². The third-order valence-corrected chi connectivity index (χ3v) is 7.72. The number of thioether (sulfide) groups is 2. The third-order valence-electron chi connectivity index (χ3n) is 4.53. The molecule has 0 radical (unpaired) electrons. The van der Waals surface area contributed by atoms with E-state index in [9.17, 15) is 10.1 Å². The highest BCUT2D eigenvalue weighted by Gasteiger charge is 2.21. The summed E-state index contributed by atoms with van der Waals surface area (Å²) in [7, 11) is 0. The Labute approximate surface area is 193 Å². The largest absolute Gasteiger partial charge is 0.293 e. The summed E-state index contributed by atoms with van der Waals surface area (Å²) in [4.78, 5) is 22.4. The second-order valence-corrected chi connectivity index (χ2v) is 9.49. The Morgan fingerprint density at radius 1 is 1.06 bits per heavy atom. The van der Waals surface area contributed by atoms with Crippen LogP contribution < -0.4 is 0 Å². The molecule has 0 saturated carbocycles. The lowest BCUT2D eigenvalue weighted by Crippen LogP contribution is -2.02. The molecule has 0 aliphatic carbocycles. The fraction of sp³-hybridized carbons (Fsp3) is 0.0833. The number of carbonyl (C=O) groups is 1. The van der Waals surface area contributed by atoms with Gasteiger partial charge in [0.1, 0.15) is 6.07 Å². The van der Waals surface area contributed by atoms with Crippen molar-refractivity contribution in [3.05, 3.63) is 84.1 Å². The van der Waals surface area contributed by atoms with Crippen LogP contribution in [0.3, 0.4) is 0 Å². The molecule has 0 aliphatic heterocycles. The molecule has 0 aliphatic rings. The monoisotopic (exact) mass is 459 g/mol. The molecule has 0 spiro atoms. The van der Waals surface area contributed by atoms with E-state index in [1.165, 1.54) is 11.8 Å². The van der Waals surface area contributed by atoms with Crippen LogP contribution in [-0.4, -0.2) is 27.8 Å². The van der Waals surface area contributed by atoms with Crippen molar-refractivity contribution in [2.24, 2.45) is 0 Å². The highest BCUT2D eigenvalue weighted by molar-refractivity contribution is 8.00. The standard InChI is InChI=1S/C24H17N3OS3/c1-29-23-18(14-25)21(17-10-6-3-7-11-17)22(31-23)19-12-13-26-24(27-19)30-15-20(28)16-8-4-2-5-9-16/h2-13H,15H2,1H3. The SMILES string of the molecule is CSc1sc(-c2ccnc(SCC(=O)c3ccccc3)n2)c(-c2ccccc2)c1C#N. The minimum Gasteiger partial charge on any atom is -0.293 e. The molecule has 4 aromatic rings. The van der Waals surface area contributed by atoms with Crippen LogP contribution in [0, 0.1) is 11.3 Å². The van der Waals surface area contributed by atoms with Crippen LogP contribution in [0.15, 0.2) is 82.3 Å². The Balaban J connectivity index is 1.67. The van der Waals surface area contributed by atoms with Crippen molar-refractivity contribution >= 4 is 40.6 Å². The van der Waals surface area contributed by atoms with E-state index < -0.39 is 0 Å². The predicted molar refractivity (Wildman–Crippen MR) is 129 cm³/mol. The summed E-state index contributed by atoms with van der Waals surface area (Å²) >= 11 is 4.44. The summed E-state index contributed by atoms with van der Waals surface area (Å²) in [6, 6.07) is 23.3. The molecular weight excluding hydrogens is 442 g/mol. The van der Waals surface area contributed by atoms with Gasteiger partial charge in [0, 0.05) is 17.3 Å². The van der Waals surface area contributed by atoms with Crippen molar-refractivity contribution in [3.63, 3.8) is 0 Å². The van der Waals surface area contributed by atoms with Gasteiger partial charge in [0.05, 0.1) is 26.1 Å². The molecule has 0 atom stereocenters. The van der Waals surface area contributed by atoms with Crippen LogP contribution in [-0.2, 0) is 0 Å². The molecule has 152 valence electrons. The van der Waals surface area contributed by atoms with Gasteiger partial charge in [-0.25, -0.2) is 9.97 Å². The summed E-state index contributed by atoms with van der Waals surface area (Å²) < 4.78 is 0.962. The highest BCUT2D eigenvalue weighted by atomic mass is 32.2. The Morgan fingerprint density at radius 2 is 1.77 bits per heavy atom. The number of nitriles is 1. The normalized spacial score (nSPS) is 10.6. The predicted octanol–water partition coefficient (Wildman–Crippen LogP) is 6.44. The van der Waals surface area contributed by atoms with Crippen molar-refractivity contribution in [2.45, 2.75) is 9.37 Å². The van der Waals surface area contributed by atoms with E-state index in [1.807, 2.05) is 73.0 Å². The average molecular weight is 460 g/mol. The third kappa shape index (κ3) is 4.72. The van der Waals surface area contributed by atoms with Crippen molar-refractivity contribution in [1.82, 2.24) is 9.97 Å². The Bertz CT molecular complexity index is 1250. The van der Waals surface area contributed by atoms with E-state index in [2.05, 4.69) is 11.1 Å². The molecule has 2 heterocycles. The number of carbonyl (C=O) groups excluding carboxylic acids is 1. The van der Waals surface area contributed by atoms with Crippen molar-refractivity contribution in [1.29, 1.82) is 5.26 Å². The van der Waals surface area contributed by atoms with Crippen LogP contribution in [0.4, 0.5) is 0 Å². The number of aromatic nitrogens is 2. The van der Waals surface area contributed by atoms with Crippen LogP contribution >= 0.6 is 34.9 Å². The maximum atomic E-state index is 12.4. The van der Waals surface area contributed by atoms with Crippen LogP contribution in [0.1, 0.15) is 15.9 Å². The number of benzene rings is 2. The molecule has 4 nitrogen and oxygen atoms in total. The number of ketones is 1. The highest BCUT2D eigenvalue weighted by Crippen LogP contribution is 2.45. The van der Waals surface area contributed by atoms with Gasteiger partial charge in [-0.3, -0.25) is 4.79 Å². The minimum atomic E-state index is 0.0390. The lowest BCUT2D eigenvalue weighted by atomic mass is 10.0. The molecule has 0 unspecified atom stereocenters. The van der Waals surface area contributed by atoms with Crippen molar-refractivity contribution < 1.29 is 4.79 Å². The molecule has 2 aromatic carbocycles. The lowest BCUT2D eigenvalue weighted by molar-refractivity contribution is 0.102. The first kappa shape index (κ1) is 21.3. The van der Waals surface area contributed by atoms with E-state index in [1.54, 1.807) is 29.3 Å². The number of nitrogens with zero attached hydrogens (tertiary/aromatic N) is 3. The second kappa shape index (κ2) is 9.92. The van der Waals surface area contributed by atoms with Gasteiger partial charge in [0.2, 0.25) is 0 Å². The molecule has 0 fully saturated rings. The Hall–Kier alpha value is -2.92. The summed E-state index contributed by atoms with van der Waals surface area (Å²) in [5, 5.41) is 10.4. The van der Waals surface area contributed by atoms with Gasteiger partial charge in [-0.2, -0.15) is 5.26 Å². The van der Waals surface area contributed by atoms with Crippen LogP contribution in [0.2, 0.25) is 0 Å². The summed E-state index contributed by atoms with van der Waals surface area (Å²) in [5.74, 6) is 0.306. The first-order valence-electron chi connectivity index (χ1n) is 9.42. The molecule has 31 heavy (non-hydrogen) atoms. The number of hydrogen-bond acceptors (Lipinski definition) is 7. The zero-order valence-electron chi connectivity index (χ0n) is 16.6. The Kier molecular flexibility index (Phi) is 6.82. The molecule has 0 amide bonds. The van der Waals surface area contributed by atoms with Gasteiger partial charge < -0.3 is 0 Å². The van der Waals surface area contributed by atoms with Gasteiger partial charge >= 0.3 is 0 Å². The minimum absolute atomic E-state index is 0.0390.